The zero-order valence-electron chi connectivity index (χ0n) is 17.7. The molecule has 2 amide bonds. The molecule has 0 fully saturated rings. The minimum absolute atomic E-state index is 0.0225. The number of nitrogens with one attached hydrogen (secondary N) is 2. The van der Waals surface area contributed by atoms with E-state index < -0.39 is 15.4 Å². The molecule has 2 aromatic rings. The van der Waals surface area contributed by atoms with Gasteiger partial charge in [0.15, 0.2) is 0 Å². The Hall–Kier alpha value is -2.87. The van der Waals surface area contributed by atoms with Gasteiger partial charge in [-0.05, 0) is 53.9 Å². The molecule has 1 aliphatic rings. The van der Waals surface area contributed by atoms with Crippen LogP contribution < -0.4 is 10.0 Å². The highest BCUT2D eigenvalue weighted by molar-refractivity contribution is 7.92. The number of sulfonamides is 1. The van der Waals surface area contributed by atoms with Crippen LogP contribution in [0.5, 0.6) is 0 Å². The SMILES string of the molecule is CC(=O)N1CCc2ccc(S(=O)(=O)Nc3ccc(NC(=O)C(C)(C)C)cc3)cc2C1. The Bertz CT molecular complexity index is 1070. The summed E-state index contributed by atoms with van der Waals surface area (Å²) in [6.07, 6.45) is 0.713. The highest BCUT2D eigenvalue weighted by atomic mass is 32.2. The average Bonchev–Trinajstić information content (AvgIpc) is 2.67. The Morgan fingerprint density at radius 1 is 0.967 bits per heavy atom. The quantitative estimate of drug-likeness (QED) is 0.779. The number of carbonyl (C=O) groups excluding carboxylic acids is 2. The van der Waals surface area contributed by atoms with Crippen LogP contribution in [-0.2, 0) is 32.6 Å². The minimum atomic E-state index is -3.78. The van der Waals surface area contributed by atoms with Gasteiger partial charge in [0.05, 0.1) is 4.90 Å². The van der Waals surface area contributed by atoms with Crippen molar-refractivity contribution in [2.75, 3.05) is 16.6 Å². The van der Waals surface area contributed by atoms with Gasteiger partial charge in [-0.1, -0.05) is 26.8 Å². The number of hydrogen-bond donors (Lipinski definition) is 2. The summed E-state index contributed by atoms with van der Waals surface area (Å²) in [6, 6.07) is 11.5. The Kier molecular flexibility index (Phi) is 5.90. The van der Waals surface area contributed by atoms with E-state index in [0.29, 0.717) is 30.9 Å². The van der Waals surface area contributed by atoms with E-state index in [-0.39, 0.29) is 16.7 Å². The number of nitrogens with zero attached hydrogens (tertiary/aromatic N) is 1. The maximum absolute atomic E-state index is 12.8. The van der Waals surface area contributed by atoms with Crippen LogP contribution in [0.1, 0.15) is 38.8 Å². The molecule has 3 rings (SSSR count). The van der Waals surface area contributed by atoms with Crippen LogP contribution >= 0.6 is 0 Å². The zero-order valence-corrected chi connectivity index (χ0v) is 18.5. The van der Waals surface area contributed by atoms with Crippen LogP contribution in [0.25, 0.3) is 0 Å². The third-order valence-corrected chi connectivity index (χ3v) is 6.40. The van der Waals surface area contributed by atoms with Crippen molar-refractivity contribution in [2.45, 2.75) is 45.6 Å². The molecule has 0 atom stereocenters. The average molecular weight is 430 g/mol. The molecule has 30 heavy (non-hydrogen) atoms. The summed E-state index contributed by atoms with van der Waals surface area (Å²) in [7, 11) is -3.78. The number of amides is 2. The molecule has 0 unspecified atom stereocenters. The van der Waals surface area contributed by atoms with E-state index in [0.717, 1.165) is 11.1 Å². The molecule has 7 nitrogen and oxygen atoms in total. The second-order valence-corrected chi connectivity index (χ2v) is 10.2. The van der Waals surface area contributed by atoms with E-state index in [2.05, 4.69) is 10.0 Å². The first-order valence-corrected chi connectivity index (χ1v) is 11.3. The van der Waals surface area contributed by atoms with Crippen molar-refractivity contribution in [1.82, 2.24) is 4.90 Å². The number of carbonyl (C=O) groups is 2. The van der Waals surface area contributed by atoms with Crippen molar-refractivity contribution >= 4 is 33.2 Å². The highest BCUT2D eigenvalue weighted by Gasteiger charge is 2.23. The van der Waals surface area contributed by atoms with Crippen LogP contribution in [0.15, 0.2) is 47.4 Å². The van der Waals surface area contributed by atoms with E-state index in [4.69, 9.17) is 0 Å². The topological polar surface area (TPSA) is 95.6 Å². The second kappa shape index (κ2) is 8.10. The summed E-state index contributed by atoms with van der Waals surface area (Å²) in [6.45, 7) is 8.03. The lowest BCUT2D eigenvalue weighted by Crippen LogP contribution is -2.34. The fourth-order valence-electron chi connectivity index (χ4n) is 3.12. The molecule has 0 aromatic heterocycles. The summed E-state index contributed by atoms with van der Waals surface area (Å²) in [5.41, 5.74) is 2.37. The molecule has 0 saturated heterocycles. The Morgan fingerprint density at radius 3 is 2.20 bits per heavy atom. The molecule has 8 heteroatoms. The summed E-state index contributed by atoms with van der Waals surface area (Å²) in [5.74, 6) is -0.143. The van der Waals surface area contributed by atoms with Crippen molar-refractivity contribution < 1.29 is 18.0 Å². The van der Waals surface area contributed by atoms with Gasteiger partial charge in [-0.2, -0.15) is 0 Å². The lowest BCUT2D eigenvalue weighted by atomic mass is 9.95. The summed E-state index contributed by atoms with van der Waals surface area (Å²) >= 11 is 0. The minimum Gasteiger partial charge on any atom is -0.338 e. The van der Waals surface area contributed by atoms with Crippen LogP contribution in [0.2, 0.25) is 0 Å². The van der Waals surface area contributed by atoms with Gasteiger partial charge < -0.3 is 10.2 Å². The number of anilines is 2. The Labute approximate surface area is 177 Å². The highest BCUT2D eigenvalue weighted by Crippen LogP contribution is 2.25. The van der Waals surface area contributed by atoms with Gasteiger partial charge >= 0.3 is 0 Å². The van der Waals surface area contributed by atoms with Gasteiger partial charge in [0.2, 0.25) is 11.8 Å². The van der Waals surface area contributed by atoms with Crippen molar-refractivity contribution in [3.63, 3.8) is 0 Å². The van der Waals surface area contributed by atoms with Gasteiger partial charge in [0.1, 0.15) is 0 Å². The molecule has 160 valence electrons. The van der Waals surface area contributed by atoms with E-state index in [1.165, 1.54) is 6.92 Å². The maximum atomic E-state index is 12.8. The molecule has 1 aliphatic heterocycles. The smallest absolute Gasteiger partial charge is 0.261 e. The molecule has 0 radical (unpaired) electrons. The van der Waals surface area contributed by atoms with Gasteiger partial charge in [0.25, 0.3) is 10.0 Å². The Balaban J connectivity index is 1.75. The molecule has 0 aliphatic carbocycles. The molecule has 2 N–H and O–H groups in total. The first-order chi connectivity index (χ1) is 14.0. The molecule has 0 bridgehead atoms. The Morgan fingerprint density at radius 2 is 1.60 bits per heavy atom. The van der Waals surface area contributed by atoms with Gasteiger partial charge in [-0.15, -0.1) is 0 Å². The predicted octanol–water partition coefficient (Wildman–Crippen LogP) is 3.38. The third-order valence-electron chi connectivity index (χ3n) is 5.02. The van der Waals surface area contributed by atoms with Gasteiger partial charge in [-0.25, -0.2) is 8.42 Å². The number of rotatable bonds is 4. The van der Waals surface area contributed by atoms with E-state index in [1.54, 1.807) is 41.3 Å². The fraction of sp³-hybridized carbons (Fsp3) is 0.364. The molecule has 1 heterocycles. The summed E-state index contributed by atoms with van der Waals surface area (Å²) in [5, 5.41) is 2.80. The van der Waals surface area contributed by atoms with Gasteiger partial charge in [0, 0.05) is 36.8 Å². The monoisotopic (exact) mass is 429 g/mol. The normalized spacial score (nSPS) is 14.1. The van der Waals surface area contributed by atoms with Gasteiger partial charge in [-0.3, -0.25) is 14.3 Å². The number of benzene rings is 2. The second-order valence-electron chi connectivity index (χ2n) is 8.51. The molecular weight excluding hydrogens is 402 g/mol. The van der Waals surface area contributed by atoms with Crippen molar-refractivity contribution in [2.24, 2.45) is 5.41 Å². The number of fused-ring (bicyclic) bond motifs is 1. The molecular formula is C22H27N3O4S. The molecule has 0 spiro atoms. The van der Waals surface area contributed by atoms with Crippen LogP contribution in [0.4, 0.5) is 11.4 Å². The number of hydrogen-bond acceptors (Lipinski definition) is 4. The lowest BCUT2D eigenvalue weighted by Gasteiger charge is -2.28. The summed E-state index contributed by atoms with van der Waals surface area (Å²) in [4.78, 5) is 25.6. The summed E-state index contributed by atoms with van der Waals surface area (Å²) < 4.78 is 28.2. The van der Waals surface area contributed by atoms with E-state index in [1.807, 2.05) is 26.8 Å². The first-order valence-electron chi connectivity index (χ1n) is 9.77. The van der Waals surface area contributed by atoms with Crippen molar-refractivity contribution in [3.05, 3.63) is 53.6 Å². The molecule has 2 aromatic carbocycles. The fourth-order valence-corrected chi connectivity index (χ4v) is 4.23. The predicted molar refractivity (Wildman–Crippen MR) is 117 cm³/mol. The standard InChI is InChI=1S/C22H27N3O4S/c1-15(26)25-12-11-16-5-10-20(13-17(16)14-25)30(28,29)24-19-8-6-18(7-9-19)23-21(27)22(2,3)4/h5-10,13,24H,11-12,14H2,1-4H3,(H,23,27). The van der Waals surface area contributed by atoms with Crippen LogP contribution in [-0.4, -0.2) is 31.7 Å². The van der Waals surface area contributed by atoms with Crippen LogP contribution in [0.3, 0.4) is 0 Å². The molecule has 0 saturated carbocycles. The van der Waals surface area contributed by atoms with Crippen molar-refractivity contribution in [1.29, 1.82) is 0 Å². The first kappa shape index (κ1) is 21.8. The van der Waals surface area contributed by atoms with E-state index in [9.17, 15) is 18.0 Å². The van der Waals surface area contributed by atoms with Crippen molar-refractivity contribution in [3.8, 4) is 0 Å². The maximum Gasteiger partial charge on any atom is 0.261 e. The van der Waals surface area contributed by atoms with Crippen LogP contribution in [0, 0.1) is 5.41 Å². The lowest BCUT2D eigenvalue weighted by molar-refractivity contribution is -0.129. The zero-order chi connectivity index (χ0) is 22.1. The third kappa shape index (κ3) is 4.99. The largest absolute Gasteiger partial charge is 0.338 e. The van der Waals surface area contributed by atoms with E-state index >= 15 is 0 Å².